The van der Waals surface area contributed by atoms with Crippen molar-refractivity contribution in [3.63, 3.8) is 0 Å². The van der Waals surface area contributed by atoms with Crippen molar-refractivity contribution in [3.05, 3.63) is 58.4 Å². The largest absolute Gasteiger partial charge is 0.320 e. The molecule has 0 radical (unpaired) electrons. The number of nitrogens with one attached hydrogen (secondary N) is 1. The molecule has 0 aliphatic carbocycles. The van der Waals surface area contributed by atoms with Crippen LogP contribution >= 0.6 is 11.6 Å². The van der Waals surface area contributed by atoms with Crippen molar-refractivity contribution in [2.45, 2.75) is 26.7 Å². The number of aromatic nitrogens is 1. The number of nitrogens with zero attached hydrogens (tertiary/aromatic N) is 1. The molecule has 2 aromatic rings. The Morgan fingerprint density at radius 2 is 1.90 bits per heavy atom. The Labute approximate surface area is 124 Å². The van der Waals surface area contributed by atoms with E-state index in [0.717, 1.165) is 16.8 Å². The molecule has 104 valence electrons. The second-order valence-electron chi connectivity index (χ2n) is 4.99. The summed E-state index contributed by atoms with van der Waals surface area (Å²) >= 11 is 5.81. The van der Waals surface area contributed by atoms with Crippen LogP contribution in [0.25, 0.3) is 0 Å². The minimum Gasteiger partial charge on any atom is -0.320 e. The Bertz CT molecular complexity index is 638. The number of para-hydroxylation sites is 1. The Morgan fingerprint density at radius 1 is 1.20 bits per heavy atom. The van der Waals surface area contributed by atoms with Gasteiger partial charge in [-0.3, -0.25) is 4.79 Å². The van der Waals surface area contributed by atoms with Gasteiger partial charge in [0.2, 0.25) is 0 Å². The summed E-state index contributed by atoms with van der Waals surface area (Å²) in [6.07, 6.45) is 0. The molecule has 0 aliphatic rings. The molecule has 0 bridgehead atoms. The van der Waals surface area contributed by atoms with Crippen LogP contribution in [0.15, 0.2) is 36.4 Å². The van der Waals surface area contributed by atoms with Crippen LogP contribution in [0.5, 0.6) is 0 Å². The molecular formula is C16H17ClN2O. The first-order chi connectivity index (χ1) is 9.49. The van der Waals surface area contributed by atoms with Gasteiger partial charge in [-0.05, 0) is 36.1 Å². The van der Waals surface area contributed by atoms with E-state index in [0.29, 0.717) is 16.8 Å². The zero-order chi connectivity index (χ0) is 14.7. The van der Waals surface area contributed by atoms with Crippen molar-refractivity contribution >= 4 is 23.2 Å². The van der Waals surface area contributed by atoms with Gasteiger partial charge in [-0.15, -0.1) is 0 Å². The van der Waals surface area contributed by atoms with E-state index in [-0.39, 0.29) is 5.91 Å². The molecule has 4 heteroatoms. The number of amides is 1. The standard InChI is InChI=1S/C16H17ClN2O/c1-10(2)12-7-4-6-11(3)15(12)19-16(20)13-8-5-9-14(17)18-13/h4-10H,1-3H3,(H,19,20). The smallest absolute Gasteiger partial charge is 0.274 e. The lowest BCUT2D eigenvalue weighted by atomic mass is 9.98. The number of anilines is 1. The number of carbonyl (C=O) groups is 1. The maximum absolute atomic E-state index is 12.3. The zero-order valence-electron chi connectivity index (χ0n) is 11.8. The molecule has 0 unspecified atom stereocenters. The van der Waals surface area contributed by atoms with Gasteiger partial charge in [0.1, 0.15) is 10.8 Å². The second kappa shape index (κ2) is 6.06. The summed E-state index contributed by atoms with van der Waals surface area (Å²) in [6, 6.07) is 11.0. The highest BCUT2D eigenvalue weighted by atomic mass is 35.5. The zero-order valence-corrected chi connectivity index (χ0v) is 12.5. The van der Waals surface area contributed by atoms with E-state index in [1.165, 1.54) is 0 Å². The predicted molar refractivity (Wildman–Crippen MR) is 82.5 cm³/mol. The van der Waals surface area contributed by atoms with E-state index in [9.17, 15) is 4.79 Å². The van der Waals surface area contributed by atoms with Crippen molar-refractivity contribution < 1.29 is 4.79 Å². The van der Waals surface area contributed by atoms with E-state index in [2.05, 4.69) is 24.1 Å². The van der Waals surface area contributed by atoms with Crippen molar-refractivity contribution in [3.8, 4) is 0 Å². The molecule has 0 saturated carbocycles. The number of aryl methyl sites for hydroxylation is 1. The molecule has 3 nitrogen and oxygen atoms in total. The quantitative estimate of drug-likeness (QED) is 0.850. The van der Waals surface area contributed by atoms with Crippen LogP contribution < -0.4 is 5.32 Å². The van der Waals surface area contributed by atoms with Crippen LogP contribution in [0, 0.1) is 6.92 Å². The van der Waals surface area contributed by atoms with Gasteiger partial charge in [0.05, 0.1) is 0 Å². The molecule has 1 N–H and O–H groups in total. The minimum atomic E-state index is -0.247. The Kier molecular flexibility index (Phi) is 4.40. The van der Waals surface area contributed by atoms with Crippen LogP contribution in [0.1, 0.15) is 41.4 Å². The van der Waals surface area contributed by atoms with Crippen LogP contribution in [-0.2, 0) is 0 Å². The molecule has 1 amide bonds. The van der Waals surface area contributed by atoms with E-state index < -0.39 is 0 Å². The van der Waals surface area contributed by atoms with Crippen LogP contribution in [0.3, 0.4) is 0 Å². The average Bonchev–Trinajstić information content (AvgIpc) is 2.40. The fourth-order valence-corrected chi connectivity index (χ4v) is 2.22. The summed E-state index contributed by atoms with van der Waals surface area (Å²) in [7, 11) is 0. The van der Waals surface area contributed by atoms with E-state index >= 15 is 0 Å². The summed E-state index contributed by atoms with van der Waals surface area (Å²) in [5, 5.41) is 3.26. The summed E-state index contributed by atoms with van der Waals surface area (Å²) < 4.78 is 0. The van der Waals surface area contributed by atoms with Crippen molar-refractivity contribution in [1.29, 1.82) is 0 Å². The summed E-state index contributed by atoms with van der Waals surface area (Å²) in [4.78, 5) is 16.3. The molecule has 1 aromatic carbocycles. The molecular weight excluding hydrogens is 272 g/mol. The molecule has 0 saturated heterocycles. The molecule has 1 aromatic heterocycles. The highest BCUT2D eigenvalue weighted by molar-refractivity contribution is 6.29. The Morgan fingerprint density at radius 3 is 2.55 bits per heavy atom. The first-order valence-corrected chi connectivity index (χ1v) is 6.90. The minimum absolute atomic E-state index is 0.247. The first kappa shape index (κ1) is 14.5. The maximum atomic E-state index is 12.3. The number of benzene rings is 1. The van der Waals surface area contributed by atoms with Crippen molar-refractivity contribution in [2.75, 3.05) is 5.32 Å². The van der Waals surface area contributed by atoms with Gasteiger partial charge in [-0.25, -0.2) is 4.98 Å². The van der Waals surface area contributed by atoms with E-state index in [4.69, 9.17) is 11.6 Å². The van der Waals surface area contributed by atoms with E-state index in [1.54, 1.807) is 18.2 Å². The lowest BCUT2D eigenvalue weighted by molar-refractivity contribution is 0.102. The van der Waals surface area contributed by atoms with Gasteiger partial charge in [-0.2, -0.15) is 0 Å². The van der Waals surface area contributed by atoms with Gasteiger partial charge < -0.3 is 5.32 Å². The first-order valence-electron chi connectivity index (χ1n) is 6.52. The molecule has 2 rings (SSSR count). The molecule has 1 heterocycles. The number of hydrogen-bond acceptors (Lipinski definition) is 2. The monoisotopic (exact) mass is 288 g/mol. The summed E-state index contributed by atoms with van der Waals surface area (Å²) in [6.45, 7) is 6.18. The molecule has 0 spiro atoms. The topological polar surface area (TPSA) is 42.0 Å². The molecule has 20 heavy (non-hydrogen) atoms. The number of hydrogen-bond donors (Lipinski definition) is 1. The summed E-state index contributed by atoms with van der Waals surface area (Å²) in [5.74, 6) is 0.0845. The average molecular weight is 289 g/mol. The number of carbonyl (C=O) groups excluding carboxylic acids is 1. The van der Waals surface area contributed by atoms with Crippen molar-refractivity contribution in [2.24, 2.45) is 0 Å². The van der Waals surface area contributed by atoms with Gasteiger partial charge in [0, 0.05) is 5.69 Å². The molecule has 0 fully saturated rings. The SMILES string of the molecule is Cc1cccc(C(C)C)c1NC(=O)c1cccc(Cl)n1. The normalized spacial score (nSPS) is 10.7. The Hall–Kier alpha value is -1.87. The maximum Gasteiger partial charge on any atom is 0.274 e. The lowest BCUT2D eigenvalue weighted by Crippen LogP contribution is -2.16. The number of pyridine rings is 1. The van der Waals surface area contributed by atoms with Gasteiger partial charge in [0.15, 0.2) is 0 Å². The Balaban J connectivity index is 2.33. The fraction of sp³-hybridized carbons (Fsp3) is 0.250. The summed E-state index contributed by atoms with van der Waals surface area (Å²) in [5.41, 5.74) is 3.32. The van der Waals surface area contributed by atoms with Crippen LogP contribution in [-0.4, -0.2) is 10.9 Å². The number of rotatable bonds is 3. The van der Waals surface area contributed by atoms with Crippen LogP contribution in [0.4, 0.5) is 5.69 Å². The van der Waals surface area contributed by atoms with Gasteiger partial charge in [0.25, 0.3) is 5.91 Å². The third-order valence-electron chi connectivity index (χ3n) is 3.11. The van der Waals surface area contributed by atoms with Crippen molar-refractivity contribution in [1.82, 2.24) is 4.98 Å². The fourth-order valence-electron chi connectivity index (χ4n) is 2.05. The highest BCUT2D eigenvalue weighted by Gasteiger charge is 2.14. The predicted octanol–water partition coefficient (Wildman–Crippen LogP) is 4.42. The third kappa shape index (κ3) is 3.17. The third-order valence-corrected chi connectivity index (χ3v) is 3.32. The second-order valence-corrected chi connectivity index (χ2v) is 5.38. The number of halogens is 1. The van der Waals surface area contributed by atoms with Crippen LogP contribution in [0.2, 0.25) is 5.15 Å². The van der Waals surface area contributed by atoms with Gasteiger partial charge >= 0.3 is 0 Å². The molecule has 0 aliphatic heterocycles. The highest BCUT2D eigenvalue weighted by Crippen LogP contribution is 2.27. The van der Waals surface area contributed by atoms with Gasteiger partial charge in [-0.1, -0.05) is 49.7 Å². The lowest BCUT2D eigenvalue weighted by Gasteiger charge is -2.16. The van der Waals surface area contributed by atoms with E-state index in [1.807, 2.05) is 25.1 Å². The molecule has 0 atom stereocenters.